The number of rotatable bonds is 6. The van der Waals surface area contributed by atoms with Crippen molar-refractivity contribution < 1.29 is 0 Å². The maximum absolute atomic E-state index is 5.30. The Morgan fingerprint density at radius 1 is 0.264 bits per heavy atom. The average molecular weight is 694 g/mol. The molecule has 4 heteroatoms. The number of nitrogens with zero attached hydrogens (tertiary/aromatic N) is 3. The Labute approximate surface area is 311 Å². The maximum Gasteiger partial charge on any atom is 0.165 e. The van der Waals surface area contributed by atoms with Crippen LogP contribution in [0.25, 0.3) is 98.5 Å². The third-order valence-electron chi connectivity index (χ3n) is 10.0. The first-order valence-electron chi connectivity index (χ1n) is 17.8. The molecule has 0 bridgehead atoms. The van der Waals surface area contributed by atoms with Gasteiger partial charge in [0.2, 0.25) is 0 Å². The molecule has 10 rings (SSSR count). The Morgan fingerprint density at radius 2 is 0.717 bits per heavy atom. The van der Waals surface area contributed by atoms with Crippen molar-refractivity contribution in [3.05, 3.63) is 188 Å². The lowest BCUT2D eigenvalue weighted by Gasteiger charge is -2.15. The highest BCUT2D eigenvalue weighted by atomic mass is 32.1. The minimum atomic E-state index is 0.646. The number of thiophene rings is 1. The van der Waals surface area contributed by atoms with Crippen LogP contribution in [-0.4, -0.2) is 15.0 Å². The molecule has 0 saturated heterocycles. The molecule has 0 fully saturated rings. The molecule has 10 aromatic rings. The summed E-state index contributed by atoms with van der Waals surface area (Å²) >= 11 is 1.79. The SMILES string of the molecule is c1ccc(-c2ccc(-c3ccc(-c4nc(-c5ccccc5-c5ccccc5)nc(-c5cccc6c5sc5ccccc56)n4)c4ccccc34)cc2)cc1. The molecule has 0 aliphatic heterocycles. The molecule has 0 radical (unpaired) electrons. The third kappa shape index (κ3) is 5.57. The second-order valence-corrected chi connectivity index (χ2v) is 14.2. The van der Waals surface area contributed by atoms with Gasteiger partial charge in [0.25, 0.3) is 0 Å². The van der Waals surface area contributed by atoms with E-state index in [0.717, 1.165) is 44.2 Å². The van der Waals surface area contributed by atoms with Crippen LogP contribution in [0.3, 0.4) is 0 Å². The summed E-state index contributed by atoms with van der Waals surface area (Å²) in [5.74, 6) is 1.95. The molecule has 0 aliphatic carbocycles. The smallest absolute Gasteiger partial charge is 0.165 e. The molecular weight excluding hydrogens is 663 g/mol. The molecule has 2 aromatic heterocycles. The lowest BCUT2D eigenvalue weighted by Crippen LogP contribution is -2.01. The maximum atomic E-state index is 5.30. The zero-order chi connectivity index (χ0) is 35.1. The van der Waals surface area contributed by atoms with Gasteiger partial charge in [-0.1, -0.05) is 170 Å². The fourth-order valence-electron chi connectivity index (χ4n) is 7.43. The van der Waals surface area contributed by atoms with Gasteiger partial charge < -0.3 is 0 Å². The van der Waals surface area contributed by atoms with E-state index in [4.69, 9.17) is 15.0 Å². The van der Waals surface area contributed by atoms with Gasteiger partial charge in [0.15, 0.2) is 17.5 Å². The first kappa shape index (κ1) is 31.0. The van der Waals surface area contributed by atoms with Crippen molar-refractivity contribution in [2.75, 3.05) is 0 Å². The molecule has 2 heterocycles. The average Bonchev–Trinajstić information content (AvgIpc) is 3.63. The topological polar surface area (TPSA) is 38.7 Å². The predicted molar refractivity (Wildman–Crippen MR) is 223 cm³/mol. The molecule has 0 spiro atoms. The number of aromatic nitrogens is 3. The summed E-state index contributed by atoms with van der Waals surface area (Å²) < 4.78 is 2.42. The van der Waals surface area contributed by atoms with Gasteiger partial charge in [0, 0.05) is 36.9 Å². The van der Waals surface area contributed by atoms with E-state index >= 15 is 0 Å². The molecule has 248 valence electrons. The van der Waals surface area contributed by atoms with E-state index in [1.807, 2.05) is 6.07 Å². The van der Waals surface area contributed by atoms with Crippen LogP contribution in [0, 0.1) is 0 Å². The Kier molecular flexibility index (Phi) is 7.67. The van der Waals surface area contributed by atoms with E-state index in [1.54, 1.807) is 11.3 Å². The van der Waals surface area contributed by atoms with Crippen molar-refractivity contribution in [2.45, 2.75) is 0 Å². The second-order valence-electron chi connectivity index (χ2n) is 13.1. The normalized spacial score (nSPS) is 11.4. The Bertz CT molecular complexity index is 2930. The van der Waals surface area contributed by atoms with Crippen LogP contribution in [0.5, 0.6) is 0 Å². The second kappa shape index (κ2) is 13.1. The molecule has 53 heavy (non-hydrogen) atoms. The monoisotopic (exact) mass is 693 g/mol. The lowest BCUT2D eigenvalue weighted by molar-refractivity contribution is 1.08. The standard InChI is InChI=1S/C49H31N3S/c1-3-14-32(15-4-1)33-26-28-35(29-27-33)37-30-31-43(39-20-9-8-19-38(37)39)48-50-47(42-22-10-7-18-36(42)34-16-5-2-6-17-34)51-49(52-48)44-24-13-23-41-40-21-11-12-25-45(40)53-46(41)44/h1-31H. The molecule has 8 aromatic carbocycles. The Balaban J connectivity index is 1.18. The zero-order valence-electron chi connectivity index (χ0n) is 28.6. The molecule has 0 unspecified atom stereocenters. The van der Waals surface area contributed by atoms with E-state index in [0.29, 0.717) is 17.5 Å². The van der Waals surface area contributed by atoms with Crippen molar-refractivity contribution in [1.29, 1.82) is 0 Å². The van der Waals surface area contributed by atoms with Crippen LogP contribution in [0.1, 0.15) is 0 Å². The molecule has 0 aliphatic rings. The van der Waals surface area contributed by atoms with Gasteiger partial charge in [-0.15, -0.1) is 11.3 Å². The highest BCUT2D eigenvalue weighted by Crippen LogP contribution is 2.41. The number of fused-ring (bicyclic) bond motifs is 4. The summed E-state index contributed by atoms with van der Waals surface area (Å²) in [6.07, 6.45) is 0. The molecular formula is C49H31N3S. The van der Waals surface area contributed by atoms with E-state index in [-0.39, 0.29) is 0 Å². The van der Waals surface area contributed by atoms with Crippen molar-refractivity contribution >= 4 is 42.3 Å². The molecule has 0 N–H and O–H groups in total. The van der Waals surface area contributed by atoms with Crippen LogP contribution in [0.2, 0.25) is 0 Å². The van der Waals surface area contributed by atoms with Crippen molar-refractivity contribution in [3.8, 4) is 67.5 Å². The van der Waals surface area contributed by atoms with Crippen molar-refractivity contribution in [2.24, 2.45) is 0 Å². The van der Waals surface area contributed by atoms with Crippen molar-refractivity contribution in [1.82, 2.24) is 15.0 Å². The summed E-state index contributed by atoms with van der Waals surface area (Å²) in [4.78, 5) is 15.9. The van der Waals surface area contributed by atoms with E-state index in [1.165, 1.54) is 36.9 Å². The summed E-state index contributed by atoms with van der Waals surface area (Å²) in [5, 5.41) is 4.70. The molecule has 3 nitrogen and oxygen atoms in total. The fraction of sp³-hybridized carbons (Fsp3) is 0. The summed E-state index contributed by atoms with van der Waals surface area (Å²) in [6.45, 7) is 0. The third-order valence-corrected chi connectivity index (χ3v) is 11.2. The number of hydrogen-bond acceptors (Lipinski definition) is 4. The van der Waals surface area contributed by atoms with Crippen LogP contribution in [0.4, 0.5) is 0 Å². The van der Waals surface area contributed by atoms with Gasteiger partial charge in [-0.3, -0.25) is 0 Å². The highest BCUT2D eigenvalue weighted by molar-refractivity contribution is 7.26. The lowest BCUT2D eigenvalue weighted by atomic mass is 9.93. The minimum absolute atomic E-state index is 0.646. The summed E-state index contributed by atoms with van der Waals surface area (Å²) in [7, 11) is 0. The van der Waals surface area contributed by atoms with E-state index in [2.05, 4.69) is 182 Å². The molecule has 0 amide bonds. The number of benzene rings is 8. The number of hydrogen-bond donors (Lipinski definition) is 0. The fourth-order valence-corrected chi connectivity index (χ4v) is 8.64. The van der Waals surface area contributed by atoms with E-state index in [9.17, 15) is 0 Å². The van der Waals surface area contributed by atoms with Crippen LogP contribution < -0.4 is 0 Å². The molecule has 0 saturated carbocycles. The van der Waals surface area contributed by atoms with Gasteiger partial charge in [-0.25, -0.2) is 15.0 Å². The molecule has 0 atom stereocenters. The van der Waals surface area contributed by atoms with Crippen LogP contribution >= 0.6 is 11.3 Å². The van der Waals surface area contributed by atoms with E-state index < -0.39 is 0 Å². The largest absolute Gasteiger partial charge is 0.208 e. The predicted octanol–water partition coefficient (Wildman–Crippen LogP) is 13.4. The van der Waals surface area contributed by atoms with Crippen LogP contribution in [0.15, 0.2) is 188 Å². The minimum Gasteiger partial charge on any atom is -0.208 e. The van der Waals surface area contributed by atoms with Gasteiger partial charge in [-0.2, -0.15) is 0 Å². The summed E-state index contributed by atoms with van der Waals surface area (Å²) in [6, 6.07) is 66.2. The first-order valence-corrected chi connectivity index (χ1v) is 18.6. The highest BCUT2D eigenvalue weighted by Gasteiger charge is 2.20. The van der Waals surface area contributed by atoms with Gasteiger partial charge in [0.1, 0.15) is 0 Å². The zero-order valence-corrected chi connectivity index (χ0v) is 29.5. The Hall–Kier alpha value is -6.75. The first-order chi connectivity index (χ1) is 26.3. The Morgan fingerprint density at radius 3 is 1.45 bits per heavy atom. The van der Waals surface area contributed by atoms with Gasteiger partial charge in [-0.05, 0) is 62.4 Å². The summed E-state index contributed by atoms with van der Waals surface area (Å²) in [5.41, 5.74) is 9.88. The van der Waals surface area contributed by atoms with Crippen LogP contribution in [-0.2, 0) is 0 Å². The van der Waals surface area contributed by atoms with Gasteiger partial charge in [0.05, 0.1) is 0 Å². The quantitative estimate of drug-likeness (QED) is 0.174. The van der Waals surface area contributed by atoms with Gasteiger partial charge >= 0.3 is 0 Å². The van der Waals surface area contributed by atoms with Crippen molar-refractivity contribution in [3.63, 3.8) is 0 Å².